The molecule has 0 fully saturated rings. The quantitative estimate of drug-likeness (QED) is 0.612. The number of hydrogen-bond donors (Lipinski definition) is 3. The van der Waals surface area contributed by atoms with E-state index in [0.29, 0.717) is 17.5 Å². The summed E-state index contributed by atoms with van der Waals surface area (Å²) >= 11 is 0. The van der Waals surface area contributed by atoms with Crippen LogP contribution >= 0.6 is 0 Å². The minimum Gasteiger partial charge on any atom is -0.383 e. The molecule has 0 spiro atoms. The molecule has 0 saturated carbocycles. The second kappa shape index (κ2) is 7.00. The van der Waals surface area contributed by atoms with Gasteiger partial charge >= 0.3 is 0 Å². The number of benzene rings is 1. The van der Waals surface area contributed by atoms with Gasteiger partial charge in [-0.1, -0.05) is 6.92 Å². The number of H-pyrrole nitrogens is 1. The molecule has 0 saturated heterocycles. The molecule has 9 heteroatoms. The third-order valence-electron chi connectivity index (χ3n) is 3.88. The van der Waals surface area contributed by atoms with Crippen LogP contribution < -0.4 is 4.72 Å². The predicted molar refractivity (Wildman–Crippen MR) is 94.2 cm³/mol. The number of rotatable bonds is 6. The fourth-order valence-corrected chi connectivity index (χ4v) is 3.79. The highest BCUT2D eigenvalue weighted by atomic mass is 32.2. The van der Waals surface area contributed by atoms with Crippen LogP contribution in [0.1, 0.15) is 30.6 Å². The number of anilines is 1. The normalized spacial score (nSPS) is 13.1. The maximum absolute atomic E-state index is 14.7. The van der Waals surface area contributed by atoms with Gasteiger partial charge in [-0.2, -0.15) is 0 Å². The highest BCUT2D eigenvalue weighted by molar-refractivity contribution is 7.92. The molecular weight excluding hydrogens is 364 g/mol. The smallest absolute Gasteiger partial charge is 0.232 e. The van der Waals surface area contributed by atoms with Gasteiger partial charge in [-0.3, -0.25) is 4.72 Å². The van der Waals surface area contributed by atoms with Gasteiger partial charge in [-0.25, -0.2) is 22.2 Å². The molecule has 1 aromatic carbocycles. The molecule has 0 radical (unpaired) electrons. The standard InChI is InChI=1S/C17H17F2N3O3S/c1-2-7-26(24,25)22-13-4-3-12(18)14(15(13)19)16(23)11-8-10-5-6-20-17(10)21-9-11/h3-6,8-9,16,22-23H,2,7H2,1H3,(H,20,21). The first kappa shape index (κ1) is 18.3. The molecule has 26 heavy (non-hydrogen) atoms. The van der Waals surface area contributed by atoms with Crippen LogP contribution in [0.25, 0.3) is 11.0 Å². The number of nitrogens with one attached hydrogen (secondary N) is 2. The zero-order valence-electron chi connectivity index (χ0n) is 13.8. The van der Waals surface area contributed by atoms with E-state index in [1.54, 1.807) is 25.3 Å². The van der Waals surface area contributed by atoms with E-state index in [-0.39, 0.29) is 11.3 Å². The van der Waals surface area contributed by atoms with Crippen molar-refractivity contribution in [1.82, 2.24) is 9.97 Å². The molecule has 6 nitrogen and oxygen atoms in total. The lowest BCUT2D eigenvalue weighted by atomic mass is 10.0. The summed E-state index contributed by atoms with van der Waals surface area (Å²) in [6.07, 6.45) is 1.65. The van der Waals surface area contributed by atoms with Gasteiger partial charge in [-0.05, 0) is 30.7 Å². The van der Waals surface area contributed by atoms with Crippen LogP contribution in [0, 0.1) is 11.6 Å². The van der Waals surface area contributed by atoms with E-state index in [0.717, 1.165) is 12.1 Å². The molecule has 3 rings (SSSR count). The Morgan fingerprint density at radius 2 is 2.08 bits per heavy atom. The van der Waals surface area contributed by atoms with E-state index in [1.807, 2.05) is 0 Å². The second-order valence-corrected chi connectivity index (χ2v) is 7.67. The molecule has 1 atom stereocenters. The van der Waals surface area contributed by atoms with Crippen molar-refractivity contribution in [2.24, 2.45) is 0 Å². The first-order valence-electron chi connectivity index (χ1n) is 7.92. The van der Waals surface area contributed by atoms with Gasteiger partial charge in [0.2, 0.25) is 10.0 Å². The fourth-order valence-electron chi connectivity index (χ4n) is 2.66. The Balaban J connectivity index is 2.02. The van der Waals surface area contributed by atoms with Crippen LogP contribution in [0.4, 0.5) is 14.5 Å². The Bertz CT molecular complexity index is 1050. The molecule has 0 aliphatic rings. The van der Waals surface area contributed by atoms with Gasteiger partial charge in [0.1, 0.15) is 17.6 Å². The number of halogens is 2. The molecular formula is C17H17F2N3O3S. The minimum absolute atomic E-state index is 0.184. The largest absolute Gasteiger partial charge is 0.383 e. The number of aliphatic hydroxyl groups excluding tert-OH is 1. The SMILES string of the molecule is CCCS(=O)(=O)Nc1ccc(F)c(C(O)c2cnc3[nH]ccc3c2)c1F. The Kier molecular flexibility index (Phi) is 4.92. The van der Waals surface area contributed by atoms with Crippen molar-refractivity contribution in [3.05, 3.63) is 59.4 Å². The average molecular weight is 381 g/mol. The molecule has 0 aliphatic heterocycles. The van der Waals surface area contributed by atoms with Gasteiger partial charge in [-0.15, -0.1) is 0 Å². The number of pyridine rings is 1. The molecule has 0 amide bonds. The van der Waals surface area contributed by atoms with E-state index in [4.69, 9.17) is 0 Å². The molecule has 1 unspecified atom stereocenters. The molecule has 2 aromatic heterocycles. The van der Waals surface area contributed by atoms with Crippen molar-refractivity contribution in [2.75, 3.05) is 10.5 Å². The van der Waals surface area contributed by atoms with Crippen LogP contribution in [0.2, 0.25) is 0 Å². The molecule has 0 aliphatic carbocycles. The third kappa shape index (κ3) is 3.54. The van der Waals surface area contributed by atoms with Crippen molar-refractivity contribution >= 4 is 26.7 Å². The highest BCUT2D eigenvalue weighted by Gasteiger charge is 2.24. The zero-order valence-corrected chi connectivity index (χ0v) is 14.6. The Morgan fingerprint density at radius 1 is 1.31 bits per heavy atom. The Labute approximate surface area is 148 Å². The maximum atomic E-state index is 14.7. The number of aromatic amines is 1. The summed E-state index contributed by atoms with van der Waals surface area (Å²) in [5.41, 5.74) is -0.297. The Morgan fingerprint density at radius 3 is 2.81 bits per heavy atom. The number of aromatic nitrogens is 2. The minimum atomic E-state index is -3.76. The monoisotopic (exact) mass is 381 g/mol. The highest BCUT2D eigenvalue weighted by Crippen LogP contribution is 2.31. The second-order valence-electron chi connectivity index (χ2n) is 5.83. The van der Waals surface area contributed by atoms with Crippen LogP contribution in [-0.2, 0) is 10.0 Å². The molecule has 0 bridgehead atoms. The summed E-state index contributed by atoms with van der Waals surface area (Å²) in [6.45, 7) is 1.67. The van der Waals surface area contributed by atoms with Gasteiger partial charge < -0.3 is 10.1 Å². The van der Waals surface area contributed by atoms with Crippen LogP contribution in [-0.4, -0.2) is 29.2 Å². The Hall–Kier alpha value is -2.52. The summed E-state index contributed by atoms with van der Waals surface area (Å²) < 4.78 is 54.7. The van der Waals surface area contributed by atoms with Crippen molar-refractivity contribution in [1.29, 1.82) is 0 Å². The number of fused-ring (bicyclic) bond motifs is 1. The van der Waals surface area contributed by atoms with Crippen LogP contribution in [0.5, 0.6) is 0 Å². The first-order chi connectivity index (χ1) is 12.3. The topological polar surface area (TPSA) is 95.1 Å². The summed E-state index contributed by atoms with van der Waals surface area (Å²) in [5.74, 6) is -2.34. The molecule has 138 valence electrons. The van der Waals surface area contributed by atoms with Crippen molar-refractivity contribution in [2.45, 2.75) is 19.4 Å². The van der Waals surface area contributed by atoms with Crippen molar-refractivity contribution in [3.8, 4) is 0 Å². The average Bonchev–Trinajstić information content (AvgIpc) is 3.05. The zero-order chi connectivity index (χ0) is 18.9. The van der Waals surface area contributed by atoms with E-state index in [1.165, 1.54) is 6.20 Å². The van der Waals surface area contributed by atoms with Crippen molar-refractivity contribution in [3.63, 3.8) is 0 Å². The summed E-state index contributed by atoms with van der Waals surface area (Å²) in [5, 5.41) is 11.1. The molecule has 3 aromatic rings. The van der Waals surface area contributed by atoms with Gasteiger partial charge in [0.15, 0.2) is 5.82 Å². The summed E-state index contributed by atoms with van der Waals surface area (Å²) in [7, 11) is -3.76. The van der Waals surface area contributed by atoms with Crippen LogP contribution in [0.3, 0.4) is 0 Å². The van der Waals surface area contributed by atoms with Crippen LogP contribution in [0.15, 0.2) is 36.7 Å². The first-order valence-corrected chi connectivity index (χ1v) is 9.57. The van der Waals surface area contributed by atoms with E-state index >= 15 is 0 Å². The lowest BCUT2D eigenvalue weighted by Crippen LogP contribution is -2.18. The molecule has 3 N–H and O–H groups in total. The lowest BCUT2D eigenvalue weighted by molar-refractivity contribution is 0.209. The number of nitrogens with zero attached hydrogens (tertiary/aromatic N) is 1. The fraction of sp³-hybridized carbons (Fsp3) is 0.235. The predicted octanol–water partition coefficient (Wildman–Crippen LogP) is 3.07. The number of aliphatic hydroxyl groups is 1. The number of hydrogen-bond acceptors (Lipinski definition) is 4. The van der Waals surface area contributed by atoms with E-state index in [2.05, 4.69) is 14.7 Å². The van der Waals surface area contributed by atoms with Gasteiger partial charge in [0.05, 0.1) is 17.0 Å². The van der Waals surface area contributed by atoms with Gasteiger partial charge in [0.25, 0.3) is 0 Å². The summed E-state index contributed by atoms with van der Waals surface area (Å²) in [4.78, 5) is 6.96. The summed E-state index contributed by atoms with van der Waals surface area (Å²) in [6, 6.07) is 5.16. The maximum Gasteiger partial charge on any atom is 0.232 e. The molecule has 2 heterocycles. The third-order valence-corrected chi connectivity index (χ3v) is 5.35. The van der Waals surface area contributed by atoms with Crippen molar-refractivity contribution < 1.29 is 22.3 Å². The van der Waals surface area contributed by atoms with E-state index in [9.17, 15) is 22.3 Å². The van der Waals surface area contributed by atoms with E-state index < -0.39 is 39.0 Å². The number of sulfonamides is 1. The lowest BCUT2D eigenvalue weighted by Gasteiger charge is -2.16. The van der Waals surface area contributed by atoms with Gasteiger partial charge in [0, 0.05) is 23.3 Å².